The number of hydrogen-bond acceptors (Lipinski definition) is 5. The third kappa shape index (κ3) is 3.94. The number of aromatic nitrogens is 1. The highest BCUT2D eigenvalue weighted by molar-refractivity contribution is 5.79. The van der Waals surface area contributed by atoms with E-state index in [0.29, 0.717) is 12.8 Å². The lowest BCUT2D eigenvalue weighted by atomic mass is 9.83. The number of amides is 1. The molecule has 2 fully saturated rings. The van der Waals surface area contributed by atoms with Crippen molar-refractivity contribution in [3.63, 3.8) is 0 Å². The molecule has 2 heterocycles. The predicted octanol–water partition coefficient (Wildman–Crippen LogP) is 0.523. The summed E-state index contributed by atoms with van der Waals surface area (Å²) in [6.07, 6.45) is 3.38. The van der Waals surface area contributed by atoms with Gasteiger partial charge in [0.25, 0.3) is 0 Å². The standard InChI is InChI=1S/C18H28N4O2/c1-13-3-2-6-20-16(13)12-21-7-9-22(10-8-21)18(24)14-4-5-17(23)15(19)11-14/h2-3,6,14-15,17,23H,4-5,7-12,19H2,1H3/t14-,15+,17+/m0/s1. The third-order valence-electron chi connectivity index (χ3n) is 5.39. The molecule has 2 aliphatic rings. The molecular formula is C18H28N4O2. The van der Waals surface area contributed by atoms with Crippen LogP contribution in [-0.2, 0) is 11.3 Å². The van der Waals surface area contributed by atoms with Gasteiger partial charge in [-0.25, -0.2) is 0 Å². The minimum Gasteiger partial charge on any atom is -0.392 e. The zero-order valence-corrected chi connectivity index (χ0v) is 14.4. The summed E-state index contributed by atoms with van der Waals surface area (Å²) in [5.74, 6) is 0.194. The Morgan fingerprint density at radius 1 is 1.33 bits per heavy atom. The summed E-state index contributed by atoms with van der Waals surface area (Å²) in [4.78, 5) is 21.5. The lowest BCUT2D eigenvalue weighted by molar-refractivity contribution is -0.139. The number of hydrogen-bond donors (Lipinski definition) is 2. The van der Waals surface area contributed by atoms with Crippen LogP contribution in [0.3, 0.4) is 0 Å². The van der Waals surface area contributed by atoms with E-state index in [4.69, 9.17) is 5.73 Å². The van der Waals surface area contributed by atoms with Crippen molar-refractivity contribution in [3.8, 4) is 0 Å². The lowest BCUT2D eigenvalue weighted by Crippen LogP contribution is -2.52. The summed E-state index contributed by atoms with van der Waals surface area (Å²) in [6, 6.07) is 3.78. The van der Waals surface area contributed by atoms with Crippen molar-refractivity contribution in [2.45, 2.75) is 44.9 Å². The Balaban J connectivity index is 1.50. The number of aryl methyl sites for hydroxylation is 1. The van der Waals surface area contributed by atoms with Crippen LogP contribution < -0.4 is 5.73 Å². The van der Waals surface area contributed by atoms with E-state index in [1.807, 2.05) is 17.2 Å². The molecule has 1 saturated carbocycles. The fourth-order valence-electron chi connectivity index (χ4n) is 3.69. The second-order valence-corrected chi connectivity index (χ2v) is 7.11. The lowest BCUT2D eigenvalue weighted by Gasteiger charge is -2.38. The number of aliphatic hydroxyl groups is 1. The summed E-state index contributed by atoms with van der Waals surface area (Å²) in [6.45, 7) is 6.21. The van der Waals surface area contributed by atoms with Crippen LogP contribution >= 0.6 is 0 Å². The van der Waals surface area contributed by atoms with E-state index in [9.17, 15) is 9.90 Å². The van der Waals surface area contributed by atoms with Gasteiger partial charge >= 0.3 is 0 Å². The van der Waals surface area contributed by atoms with Crippen molar-refractivity contribution < 1.29 is 9.90 Å². The number of piperazine rings is 1. The van der Waals surface area contributed by atoms with Gasteiger partial charge in [0.2, 0.25) is 5.91 Å². The van der Waals surface area contributed by atoms with Crippen molar-refractivity contribution in [1.82, 2.24) is 14.8 Å². The third-order valence-corrected chi connectivity index (χ3v) is 5.39. The average molecular weight is 332 g/mol. The monoisotopic (exact) mass is 332 g/mol. The summed E-state index contributed by atoms with van der Waals surface area (Å²) < 4.78 is 0. The van der Waals surface area contributed by atoms with Crippen molar-refractivity contribution in [3.05, 3.63) is 29.6 Å². The molecule has 6 nitrogen and oxygen atoms in total. The van der Waals surface area contributed by atoms with Crippen molar-refractivity contribution in [2.24, 2.45) is 11.7 Å². The van der Waals surface area contributed by atoms with Crippen LogP contribution in [0.4, 0.5) is 0 Å². The molecule has 24 heavy (non-hydrogen) atoms. The zero-order valence-electron chi connectivity index (χ0n) is 14.4. The van der Waals surface area contributed by atoms with Crippen LogP contribution in [0.25, 0.3) is 0 Å². The number of nitrogens with two attached hydrogens (primary N) is 1. The first-order valence-corrected chi connectivity index (χ1v) is 8.90. The van der Waals surface area contributed by atoms with Gasteiger partial charge in [-0.15, -0.1) is 0 Å². The zero-order chi connectivity index (χ0) is 17.1. The van der Waals surface area contributed by atoms with Gasteiger partial charge in [0.1, 0.15) is 0 Å². The maximum absolute atomic E-state index is 12.7. The first kappa shape index (κ1) is 17.3. The highest BCUT2D eigenvalue weighted by atomic mass is 16.3. The van der Waals surface area contributed by atoms with Gasteiger partial charge < -0.3 is 15.7 Å². The molecule has 132 valence electrons. The van der Waals surface area contributed by atoms with Crippen molar-refractivity contribution in [1.29, 1.82) is 0 Å². The molecule has 1 aliphatic carbocycles. The molecule has 3 atom stereocenters. The molecule has 1 saturated heterocycles. The normalized spacial score (nSPS) is 28.8. The predicted molar refractivity (Wildman–Crippen MR) is 92.2 cm³/mol. The number of pyridine rings is 1. The van der Waals surface area contributed by atoms with E-state index in [0.717, 1.165) is 44.8 Å². The molecule has 1 aliphatic heterocycles. The average Bonchev–Trinajstić information content (AvgIpc) is 2.59. The molecule has 6 heteroatoms. The first-order chi connectivity index (χ1) is 11.5. The van der Waals surface area contributed by atoms with Crippen LogP contribution in [-0.4, -0.2) is 64.1 Å². The van der Waals surface area contributed by atoms with Crippen LogP contribution in [0, 0.1) is 12.8 Å². The number of aliphatic hydroxyl groups excluding tert-OH is 1. The maximum Gasteiger partial charge on any atom is 0.225 e. The van der Waals surface area contributed by atoms with Crippen molar-refractivity contribution >= 4 is 5.91 Å². The quantitative estimate of drug-likeness (QED) is 0.843. The first-order valence-electron chi connectivity index (χ1n) is 8.90. The van der Waals surface area contributed by atoms with Crippen LogP contribution in [0.15, 0.2) is 18.3 Å². The van der Waals surface area contributed by atoms with Gasteiger partial charge in [-0.05, 0) is 37.8 Å². The molecule has 0 unspecified atom stereocenters. The number of carbonyl (C=O) groups excluding carboxylic acids is 1. The SMILES string of the molecule is Cc1cccnc1CN1CCN(C(=O)[C@H]2CC[C@@H](O)[C@H](N)C2)CC1. The summed E-state index contributed by atoms with van der Waals surface area (Å²) in [7, 11) is 0. The molecule has 3 rings (SSSR count). The van der Waals surface area contributed by atoms with Crippen LogP contribution in [0.1, 0.15) is 30.5 Å². The molecule has 0 bridgehead atoms. The molecule has 1 aromatic heterocycles. The molecule has 3 N–H and O–H groups in total. The smallest absolute Gasteiger partial charge is 0.225 e. The van der Waals surface area contributed by atoms with Gasteiger partial charge in [0, 0.05) is 50.9 Å². The molecule has 0 spiro atoms. The second-order valence-electron chi connectivity index (χ2n) is 7.11. The van der Waals surface area contributed by atoms with Gasteiger partial charge in [-0.2, -0.15) is 0 Å². The largest absolute Gasteiger partial charge is 0.392 e. The Hall–Kier alpha value is -1.50. The Morgan fingerprint density at radius 2 is 2.08 bits per heavy atom. The molecule has 0 radical (unpaired) electrons. The van der Waals surface area contributed by atoms with E-state index >= 15 is 0 Å². The highest BCUT2D eigenvalue weighted by Crippen LogP contribution is 2.26. The Kier molecular flexibility index (Phi) is 5.48. The van der Waals surface area contributed by atoms with E-state index in [2.05, 4.69) is 22.9 Å². The fraction of sp³-hybridized carbons (Fsp3) is 0.667. The summed E-state index contributed by atoms with van der Waals surface area (Å²) in [5.41, 5.74) is 8.25. The van der Waals surface area contributed by atoms with Crippen LogP contribution in [0.2, 0.25) is 0 Å². The van der Waals surface area contributed by atoms with Gasteiger partial charge in [0.05, 0.1) is 11.8 Å². The van der Waals surface area contributed by atoms with E-state index in [1.165, 1.54) is 5.56 Å². The molecule has 1 aromatic rings. The number of rotatable bonds is 3. The highest BCUT2D eigenvalue weighted by Gasteiger charge is 2.34. The minimum atomic E-state index is -0.451. The maximum atomic E-state index is 12.7. The molecule has 0 aromatic carbocycles. The topological polar surface area (TPSA) is 82.7 Å². The minimum absolute atomic E-state index is 0.0204. The Labute approximate surface area is 143 Å². The van der Waals surface area contributed by atoms with E-state index in [1.54, 1.807) is 0 Å². The summed E-state index contributed by atoms with van der Waals surface area (Å²) in [5, 5.41) is 9.72. The van der Waals surface area contributed by atoms with Gasteiger partial charge in [-0.3, -0.25) is 14.7 Å². The second kappa shape index (κ2) is 7.59. The number of nitrogens with zero attached hydrogens (tertiary/aromatic N) is 3. The summed E-state index contributed by atoms with van der Waals surface area (Å²) >= 11 is 0. The van der Waals surface area contributed by atoms with E-state index in [-0.39, 0.29) is 17.9 Å². The Morgan fingerprint density at radius 3 is 2.75 bits per heavy atom. The molecule has 1 amide bonds. The molecular weight excluding hydrogens is 304 g/mol. The van der Waals surface area contributed by atoms with E-state index < -0.39 is 6.10 Å². The van der Waals surface area contributed by atoms with Gasteiger partial charge in [0.15, 0.2) is 0 Å². The fourth-order valence-corrected chi connectivity index (χ4v) is 3.69. The number of carbonyl (C=O) groups is 1. The van der Waals surface area contributed by atoms with Crippen LogP contribution in [0.5, 0.6) is 0 Å². The Bertz CT molecular complexity index is 572. The van der Waals surface area contributed by atoms with Gasteiger partial charge in [-0.1, -0.05) is 6.07 Å². The van der Waals surface area contributed by atoms with Crippen molar-refractivity contribution in [2.75, 3.05) is 26.2 Å².